The molecule has 0 saturated carbocycles. The molecule has 0 radical (unpaired) electrons. The molecule has 1 saturated heterocycles. The Morgan fingerprint density at radius 2 is 1.69 bits per heavy atom. The van der Waals surface area contributed by atoms with Gasteiger partial charge in [0.2, 0.25) is 0 Å². The van der Waals surface area contributed by atoms with Gasteiger partial charge in [0.1, 0.15) is 6.10 Å². The van der Waals surface area contributed by atoms with Crippen molar-refractivity contribution in [1.29, 1.82) is 0 Å². The molecule has 1 fully saturated rings. The van der Waals surface area contributed by atoms with Crippen molar-refractivity contribution < 1.29 is 35.4 Å². The lowest BCUT2D eigenvalue weighted by atomic mass is 10.1. The van der Waals surface area contributed by atoms with Gasteiger partial charge in [-0.05, 0) is 56.6 Å². The Kier molecular flexibility index (Phi) is 10.4. The predicted molar refractivity (Wildman–Crippen MR) is 139 cm³/mol. The van der Waals surface area contributed by atoms with Gasteiger partial charge in [-0.3, -0.25) is 8.75 Å². The van der Waals surface area contributed by atoms with Crippen LogP contribution in [0.3, 0.4) is 0 Å². The summed E-state index contributed by atoms with van der Waals surface area (Å²) in [5.74, 6) is 0. The van der Waals surface area contributed by atoms with E-state index in [0.717, 1.165) is 5.56 Å². The van der Waals surface area contributed by atoms with Gasteiger partial charge in [-0.15, -0.1) is 0 Å². The first kappa shape index (κ1) is 30.9. The van der Waals surface area contributed by atoms with E-state index in [1.54, 1.807) is 26.0 Å². The normalized spacial score (nSPS) is 23.4. The van der Waals surface area contributed by atoms with Crippen molar-refractivity contribution in [3.63, 3.8) is 0 Å². The molecule has 2 rings (SSSR count). The molecular formula is C22H38N3O8PSSi. The van der Waals surface area contributed by atoms with Gasteiger partial charge in [-0.2, -0.15) is 8.42 Å². The smallest absolute Gasteiger partial charge is 0.333 e. The average Bonchev–Trinajstić information content (AvgIpc) is 3.02. The summed E-state index contributed by atoms with van der Waals surface area (Å²) < 4.78 is 68.5. The minimum absolute atomic E-state index is 0.0587. The zero-order valence-electron chi connectivity index (χ0n) is 22.2. The molecule has 0 aromatic heterocycles. The van der Waals surface area contributed by atoms with Crippen molar-refractivity contribution in [3.05, 3.63) is 40.3 Å². The van der Waals surface area contributed by atoms with Crippen LogP contribution in [0.25, 0.3) is 10.4 Å². The van der Waals surface area contributed by atoms with Crippen LogP contribution in [-0.2, 0) is 37.1 Å². The Morgan fingerprint density at radius 3 is 2.17 bits per heavy atom. The Bertz CT molecular complexity index is 1080. The van der Waals surface area contributed by atoms with Crippen LogP contribution in [-0.4, -0.2) is 60.7 Å². The molecule has 0 bridgehead atoms. The molecule has 1 aliphatic rings. The lowest BCUT2D eigenvalue weighted by Crippen LogP contribution is -2.48. The minimum atomic E-state index is -4.28. The summed E-state index contributed by atoms with van der Waals surface area (Å²) in [6.07, 6.45) is -3.80. The van der Waals surface area contributed by atoms with Crippen molar-refractivity contribution in [1.82, 2.24) is 0 Å². The Labute approximate surface area is 215 Å². The molecule has 1 heterocycles. The molecule has 4 atom stereocenters. The number of azide groups is 1. The summed E-state index contributed by atoms with van der Waals surface area (Å²) in [5, 5.41) is 3.55. The fraction of sp³-hybridized carbons (Fsp3) is 0.727. The van der Waals surface area contributed by atoms with Crippen molar-refractivity contribution >= 4 is 26.0 Å². The van der Waals surface area contributed by atoms with E-state index in [2.05, 4.69) is 10.0 Å². The number of hydrogen-bond acceptors (Lipinski definition) is 9. The van der Waals surface area contributed by atoms with Gasteiger partial charge in [0.05, 0.1) is 36.4 Å². The molecule has 0 N–H and O–H groups in total. The van der Waals surface area contributed by atoms with E-state index < -0.39 is 50.6 Å². The van der Waals surface area contributed by atoms with Gasteiger partial charge in [-0.25, -0.2) is 0 Å². The number of rotatable bonds is 12. The van der Waals surface area contributed by atoms with Crippen molar-refractivity contribution in [2.45, 2.75) is 89.1 Å². The van der Waals surface area contributed by atoms with Crippen LogP contribution in [0, 0.1) is 6.92 Å². The lowest BCUT2D eigenvalue weighted by Gasteiger charge is -2.39. The second-order valence-electron chi connectivity index (χ2n) is 10.1. The van der Waals surface area contributed by atoms with Gasteiger partial charge in [0.25, 0.3) is 10.1 Å². The minimum Gasteiger partial charge on any atom is -0.390 e. The monoisotopic (exact) mass is 563 g/mol. The molecule has 0 amide bonds. The Hall–Kier alpha value is -1.27. The van der Waals surface area contributed by atoms with Crippen LogP contribution in [0.5, 0.6) is 0 Å². The fourth-order valence-corrected chi connectivity index (χ4v) is 7.40. The average molecular weight is 564 g/mol. The zero-order valence-corrected chi connectivity index (χ0v) is 24.9. The lowest BCUT2D eigenvalue weighted by molar-refractivity contribution is -0.107. The van der Waals surface area contributed by atoms with Crippen molar-refractivity contribution in [3.8, 4) is 0 Å². The van der Waals surface area contributed by atoms with Crippen molar-refractivity contribution in [2.75, 3.05) is 19.4 Å². The van der Waals surface area contributed by atoms with Crippen LogP contribution in [0.2, 0.25) is 18.1 Å². The van der Waals surface area contributed by atoms with E-state index in [-0.39, 0.29) is 29.3 Å². The third-order valence-corrected chi connectivity index (χ3v) is 14.2. The summed E-state index contributed by atoms with van der Waals surface area (Å²) in [6, 6.07) is 5.00. The molecule has 36 heavy (non-hydrogen) atoms. The maximum Gasteiger partial charge on any atom is 0.333 e. The molecule has 204 valence electrons. The Morgan fingerprint density at radius 1 is 1.14 bits per heavy atom. The molecule has 1 aromatic carbocycles. The summed E-state index contributed by atoms with van der Waals surface area (Å²) >= 11 is 0. The van der Waals surface area contributed by atoms with Crippen LogP contribution in [0.4, 0.5) is 0 Å². The van der Waals surface area contributed by atoms with Crippen LogP contribution in [0.1, 0.15) is 40.2 Å². The summed E-state index contributed by atoms with van der Waals surface area (Å²) in [6.45, 7) is 15.5. The first-order chi connectivity index (χ1) is 16.6. The van der Waals surface area contributed by atoms with Crippen LogP contribution in [0.15, 0.2) is 34.3 Å². The van der Waals surface area contributed by atoms with E-state index in [1.807, 2.05) is 40.8 Å². The third kappa shape index (κ3) is 7.63. The maximum absolute atomic E-state index is 13.3. The van der Waals surface area contributed by atoms with E-state index in [1.165, 1.54) is 12.1 Å². The highest BCUT2D eigenvalue weighted by atomic mass is 32.2. The molecule has 14 heteroatoms. The molecule has 1 aromatic rings. The predicted octanol–water partition coefficient (Wildman–Crippen LogP) is 5.76. The standard InChI is InChI=1S/C22H38N3O8PSSi/c1-9-29-34(26,30-10-2)15-18-19(24-25-23)20(21(31-18)33-36(7,8)22(4,5)6)32-35(27,28)17-13-11-16(3)12-14-17/h11-14,18-21H,9-10,15H2,1-8H3/t18-,19+,20-,21+/m1/s1. The highest BCUT2D eigenvalue weighted by molar-refractivity contribution is 7.86. The summed E-state index contributed by atoms with van der Waals surface area (Å²) in [4.78, 5) is 2.83. The molecule has 11 nitrogen and oxygen atoms in total. The second-order valence-corrected chi connectivity index (χ2v) is 18.5. The highest BCUT2D eigenvalue weighted by Gasteiger charge is 2.53. The molecule has 0 aliphatic carbocycles. The quantitative estimate of drug-likeness (QED) is 0.0779. The largest absolute Gasteiger partial charge is 0.390 e. The van der Waals surface area contributed by atoms with E-state index >= 15 is 0 Å². The third-order valence-electron chi connectivity index (χ3n) is 6.30. The van der Waals surface area contributed by atoms with Gasteiger partial charge < -0.3 is 18.2 Å². The summed E-state index contributed by atoms with van der Waals surface area (Å²) in [7, 11) is -10.4. The SMILES string of the molecule is CCOP(=O)(C[C@H]1O[C@@H](O[Si](C)(C)C(C)(C)C)[C@H](OS(=O)(=O)c2ccc(C)cc2)[C@H]1N=[N+]=[N-])OCC. The van der Waals surface area contributed by atoms with Gasteiger partial charge in [0, 0.05) is 4.91 Å². The van der Waals surface area contributed by atoms with E-state index in [9.17, 15) is 18.5 Å². The number of benzene rings is 1. The molecule has 1 aliphatic heterocycles. The topological polar surface area (TPSA) is 146 Å². The second kappa shape index (κ2) is 12.1. The van der Waals surface area contributed by atoms with Gasteiger partial charge >= 0.3 is 7.60 Å². The number of nitrogens with zero attached hydrogens (tertiary/aromatic N) is 3. The summed E-state index contributed by atoms with van der Waals surface area (Å²) in [5.41, 5.74) is 10.2. The van der Waals surface area contributed by atoms with Gasteiger partial charge in [0.15, 0.2) is 14.6 Å². The van der Waals surface area contributed by atoms with E-state index in [0.29, 0.717) is 0 Å². The van der Waals surface area contributed by atoms with Crippen LogP contribution >= 0.6 is 7.60 Å². The van der Waals surface area contributed by atoms with Gasteiger partial charge in [-0.1, -0.05) is 43.6 Å². The van der Waals surface area contributed by atoms with Crippen molar-refractivity contribution in [2.24, 2.45) is 5.11 Å². The zero-order chi connectivity index (χ0) is 27.4. The van der Waals surface area contributed by atoms with Crippen LogP contribution < -0.4 is 0 Å². The highest BCUT2D eigenvalue weighted by Crippen LogP contribution is 2.51. The number of hydrogen-bond donors (Lipinski definition) is 0. The molecular weight excluding hydrogens is 525 g/mol. The maximum atomic E-state index is 13.3. The fourth-order valence-electron chi connectivity index (χ4n) is 3.38. The Balaban J connectivity index is 2.51. The number of ether oxygens (including phenoxy) is 1. The van der Waals surface area contributed by atoms with E-state index in [4.69, 9.17) is 22.4 Å². The first-order valence-electron chi connectivity index (χ1n) is 11.8. The first-order valence-corrected chi connectivity index (χ1v) is 17.9. The molecule has 0 unspecified atom stereocenters. The number of aryl methyl sites for hydroxylation is 1. The molecule has 0 spiro atoms.